The fourth-order valence-electron chi connectivity index (χ4n) is 3.60. The van der Waals surface area contributed by atoms with E-state index in [-0.39, 0.29) is 13.0 Å². The van der Waals surface area contributed by atoms with Crippen LogP contribution in [0, 0.1) is 0 Å². The third-order valence-corrected chi connectivity index (χ3v) is 4.74. The molecule has 0 saturated carbocycles. The number of rotatable bonds is 4. The van der Waals surface area contributed by atoms with E-state index in [1.165, 1.54) is 0 Å². The molecule has 4 rings (SSSR count). The summed E-state index contributed by atoms with van der Waals surface area (Å²) in [5, 5.41) is 10.9. The van der Waals surface area contributed by atoms with Gasteiger partial charge in [0.1, 0.15) is 30.5 Å². The van der Waals surface area contributed by atoms with Crippen molar-refractivity contribution in [2.45, 2.75) is 62.9 Å². The summed E-state index contributed by atoms with van der Waals surface area (Å²) in [4.78, 5) is 11.5. The van der Waals surface area contributed by atoms with E-state index in [0.717, 1.165) is 5.56 Å². The van der Waals surface area contributed by atoms with Gasteiger partial charge < -0.3 is 28.8 Å². The van der Waals surface area contributed by atoms with Crippen molar-refractivity contribution < 1.29 is 33.6 Å². The summed E-state index contributed by atoms with van der Waals surface area (Å²) in [6, 6.07) is 9.70. The largest absolute Gasteiger partial charge is 0.462 e. The maximum absolute atomic E-state index is 11.5. The molecular weight excluding hydrogens is 328 g/mol. The minimum atomic E-state index is -1.44. The average Bonchev–Trinajstić information content (AvgIpc) is 3.17. The Balaban J connectivity index is 1.55. The van der Waals surface area contributed by atoms with Gasteiger partial charge in [0.15, 0.2) is 12.1 Å². The van der Waals surface area contributed by atoms with Crippen molar-refractivity contribution in [2.75, 3.05) is 6.61 Å². The fraction of sp³-hybridized carbons (Fsp3) is 0.611. The normalized spacial score (nSPS) is 39.4. The number of hydrogen-bond acceptors (Lipinski definition) is 7. The Kier molecular flexibility index (Phi) is 4.09. The summed E-state index contributed by atoms with van der Waals surface area (Å²) in [7, 11) is 0. The number of carbonyl (C=O) groups is 1. The lowest BCUT2D eigenvalue weighted by Crippen LogP contribution is -2.51. The summed E-state index contributed by atoms with van der Waals surface area (Å²) < 4.78 is 28.6. The van der Waals surface area contributed by atoms with Crippen LogP contribution in [0.5, 0.6) is 0 Å². The van der Waals surface area contributed by atoms with Gasteiger partial charge in [-0.15, -0.1) is 0 Å². The zero-order valence-electron chi connectivity index (χ0n) is 14.2. The molecule has 136 valence electrons. The second-order valence-electron chi connectivity index (χ2n) is 7.23. The molecule has 1 aromatic rings. The predicted molar refractivity (Wildman–Crippen MR) is 84.2 cm³/mol. The van der Waals surface area contributed by atoms with Crippen LogP contribution in [-0.4, -0.2) is 53.7 Å². The number of carbonyl (C=O) groups excluding carboxylic acids is 1. The second kappa shape index (κ2) is 6.03. The summed E-state index contributed by atoms with van der Waals surface area (Å²) in [5.74, 6) is -1.24. The molecular formula is C18H22O7. The maximum Gasteiger partial charge on any atom is 0.309 e. The van der Waals surface area contributed by atoms with E-state index in [1.807, 2.05) is 30.3 Å². The zero-order valence-corrected chi connectivity index (χ0v) is 14.2. The first kappa shape index (κ1) is 16.9. The van der Waals surface area contributed by atoms with Crippen LogP contribution in [0.1, 0.15) is 25.8 Å². The maximum atomic E-state index is 11.5. The quantitative estimate of drug-likeness (QED) is 0.815. The van der Waals surface area contributed by atoms with Gasteiger partial charge in [0.05, 0.1) is 13.0 Å². The van der Waals surface area contributed by atoms with E-state index in [1.54, 1.807) is 13.8 Å². The lowest BCUT2D eigenvalue weighted by Gasteiger charge is -2.33. The standard InChI is InChI=1S/C18H22O7/c1-17(2)24-14-13(21-9-11-6-4-3-5-7-11)15(23-16(14)25-17)18(20)8-12(19)22-10-18/h3-7,13-16,20H,8-10H2,1-2H3/t13-,14-,15+,16-,18+/m1/s1. The molecule has 25 heavy (non-hydrogen) atoms. The molecule has 0 bridgehead atoms. The van der Waals surface area contributed by atoms with Gasteiger partial charge in [0, 0.05) is 0 Å². The van der Waals surface area contributed by atoms with E-state index >= 15 is 0 Å². The topological polar surface area (TPSA) is 83.5 Å². The molecule has 5 atom stereocenters. The lowest BCUT2D eigenvalue weighted by atomic mass is 9.91. The highest BCUT2D eigenvalue weighted by atomic mass is 16.8. The minimum Gasteiger partial charge on any atom is -0.462 e. The molecule has 1 aromatic carbocycles. The smallest absolute Gasteiger partial charge is 0.309 e. The van der Waals surface area contributed by atoms with Crippen LogP contribution in [0.25, 0.3) is 0 Å². The van der Waals surface area contributed by atoms with E-state index < -0.39 is 42.0 Å². The zero-order chi connectivity index (χ0) is 17.7. The van der Waals surface area contributed by atoms with Crippen LogP contribution < -0.4 is 0 Å². The summed E-state index contributed by atoms with van der Waals surface area (Å²) in [6.07, 6.45) is -2.62. The Morgan fingerprint density at radius 2 is 2.00 bits per heavy atom. The van der Waals surface area contributed by atoms with Gasteiger partial charge >= 0.3 is 5.97 Å². The molecule has 0 aliphatic carbocycles. The van der Waals surface area contributed by atoms with Gasteiger partial charge in [0.2, 0.25) is 0 Å². The molecule has 0 amide bonds. The highest BCUT2D eigenvalue weighted by Crippen LogP contribution is 2.43. The van der Waals surface area contributed by atoms with Crippen LogP contribution in [0.3, 0.4) is 0 Å². The number of ether oxygens (including phenoxy) is 5. The van der Waals surface area contributed by atoms with Crippen LogP contribution >= 0.6 is 0 Å². The molecule has 0 unspecified atom stereocenters. The molecule has 0 aromatic heterocycles. The van der Waals surface area contributed by atoms with Crippen molar-refractivity contribution >= 4 is 5.97 Å². The minimum absolute atomic E-state index is 0.121. The fourth-order valence-corrected chi connectivity index (χ4v) is 3.60. The van der Waals surface area contributed by atoms with Crippen molar-refractivity contribution in [1.82, 2.24) is 0 Å². The monoisotopic (exact) mass is 350 g/mol. The molecule has 3 aliphatic rings. The molecule has 7 heteroatoms. The van der Waals surface area contributed by atoms with E-state index in [9.17, 15) is 9.90 Å². The number of cyclic esters (lactones) is 1. The Morgan fingerprint density at radius 3 is 2.68 bits per heavy atom. The number of benzene rings is 1. The average molecular weight is 350 g/mol. The Hall–Kier alpha value is -1.51. The number of aliphatic hydroxyl groups is 1. The molecule has 3 saturated heterocycles. The predicted octanol–water partition coefficient (Wildman–Crippen LogP) is 1.13. The van der Waals surface area contributed by atoms with Gasteiger partial charge in [-0.3, -0.25) is 4.79 Å². The number of hydrogen-bond donors (Lipinski definition) is 1. The van der Waals surface area contributed by atoms with Gasteiger partial charge in [-0.2, -0.15) is 0 Å². The first-order valence-electron chi connectivity index (χ1n) is 8.41. The van der Waals surface area contributed by atoms with Crippen LogP contribution in [-0.2, 0) is 35.1 Å². The van der Waals surface area contributed by atoms with Crippen LogP contribution in [0.2, 0.25) is 0 Å². The van der Waals surface area contributed by atoms with Crippen molar-refractivity contribution in [3.05, 3.63) is 35.9 Å². The molecule has 3 fully saturated rings. The molecule has 0 spiro atoms. The summed E-state index contributed by atoms with van der Waals surface area (Å²) >= 11 is 0. The van der Waals surface area contributed by atoms with Gasteiger partial charge in [0.25, 0.3) is 0 Å². The van der Waals surface area contributed by atoms with Crippen molar-refractivity contribution in [1.29, 1.82) is 0 Å². The van der Waals surface area contributed by atoms with Crippen LogP contribution in [0.15, 0.2) is 30.3 Å². The first-order chi connectivity index (χ1) is 11.9. The summed E-state index contributed by atoms with van der Waals surface area (Å²) in [5.41, 5.74) is -0.451. The highest BCUT2D eigenvalue weighted by Gasteiger charge is 2.62. The number of fused-ring (bicyclic) bond motifs is 1. The molecule has 0 radical (unpaired) electrons. The molecule has 3 aliphatic heterocycles. The lowest BCUT2D eigenvalue weighted by molar-refractivity contribution is -0.244. The third kappa shape index (κ3) is 3.18. The number of esters is 1. The van der Waals surface area contributed by atoms with E-state index in [0.29, 0.717) is 6.61 Å². The third-order valence-electron chi connectivity index (χ3n) is 4.74. The highest BCUT2D eigenvalue weighted by molar-refractivity contribution is 5.73. The van der Waals surface area contributed by atoms with Gasteiger partial charge in [-0.1, -0.05) is 30.3 Å². The Bertz CT molecular complexity index is 646. The molecule has 3 heterocycles. The Morgan fingerprint density at radius 1 is 1.24 bits per heavy atom. The van der Waals surface area contributed by atoms with E-state index in [2.05, 4.69) is 0 Å². The molecule has 1 N–H and O–H groups in total. The molecule has 7 nitrogen and oxygen atoms in total. The first-order valence-corrected chi connectivity index (χ1v) is 8.41. The summed E-state index contributed by atoms with van der Waals surface area (Å²) in [6.45, 7) is 3.82. The van der Waals surface area contributed by atoms with Gasteiger partial charge in [-0.25, -0.2) is 0 Å². The second-order valence-corrected chi connectivity index (χ2v) is 7.23. The Labute approximate surface area is 145 Å². The van der Waals surface area contributed by atoms with Crippen molar-refractivity contribution in [2.24, 2.45) is 0 Å². The van der Waals surface area contributed by atoms with E-state index in [4.69, 9.17) is 23.7 Å². The van der Waals surface area contributed by atoms with Crippen molar-refractivity contribution in [3.63, 3.8) is 0 Å². The van der Waals surface area contributed by atoms with Crippen LogP contribution in [0.4, 0.5) is 0 Å². The van der Waals surface area contributed by atoms with Gasteiger partial charge in [-0.05, 0) is 19.4 Å². The SMILES string of the molecule is CC1(C)O[C@H]2O[C@H]([C@@]3(O)COC(=O)C3)[C@H](OCc3ccccc3)[C@H]2O1. The van der Waals surface area contributed by atoms with Crippen molar-refractivity contribution in [3.8, 4) is 0 Å².